The second kappa shape index (κ2) is 6.82. The summed E-state index contributed by atoms with van der Waals surface area (Å²) in [5.41, 5.74) is 1.86. The molecule has 2 saturated heterocycles. The minimum Gasteiger partial charge on any atom is -0.339 e. The van der Waals surface area contributed by atoms with E-state index in [2.05, 4.69) is 25.1 Å². The van der Waals surface area contributed by atoms with Crippen LogP contribution in [0, 0.1) is 11.2 Å². The fourth-order valence-corrected chi connectivity index (χ4v) is 5.70. The maximum absolute atomic E-state index is 13.9. The molecule has 1 spiro atoms. The van der Waals surface area contributed by atoms with Gasteiger partial charge in [0, 0.05) is 49.6 Å². The van der Waals surface area contributed by atoms with E-state index in [0.717, 1.165) is 37.4 Å². The molecule has 3 fully saturated rings. The van der Waals surface area contributed by atoms with E-state index in [0.29, 0.717) is 35.8 Å². The van der Waals surface area contributed by atoms with Crippen molar-refractivity contribution in [1.29, 1.82) is 0 Å². The van der Waals surface area contributed by atoms with Crippen LogP contribution in [-0.4, -0.2) is 67.8 Å². The van der Waals surface area contributed by atoms with Gasteiger partial charge in [-0.2, -0.15) is 0 Å². The van der Waals surface area contributed by atoms with Crippen LogP contribution < -0.4 is 9.80 Å². The van der Waals surface area contributed by atoms with E-state index in [1.165, 1.54) is 12.4 Å². The van der Waals surface area contributed by atoms with Gasteiger partial charge in [0.05, 0.1) is 30.7 Å². The molecular weight excluding hydrogens is 469 g/mol. The molecule has 1 aliphatic carbocycles. The van der Waals surface area contributed by atoms with Crippen LogP contribution in [-0.2, 0) is 13.1 Å². The third-order valence-electron chi connectivity index (χ3n) is 7.22. The Labute approximate surface area is 198 Å². The molecule has 8 nitrogen and oxygen atoms in total. The van der Waals surface area contributed by atoms with E-state index >= 15 is 0 Å². The summed E-state index contributed by atoms with van der Waals surface area (Å²) in [6.07, 6.45) is 2.22. The van der Waals surface area contributed by atoms with Crippen LogP contribution in [0.1, 0.15) is 17.8 Å². The lowest BCUT2D eigenvalue weighted by molar-refractivity contribution is 0.0663. The zero-order chi connectivity index (χ0) is 23.2. The van der Waals surface area contributed by atoms with Gasteiger partial charge in [0.1, 0.15) is 0 Å². The lowest BCUT2D eigenvalue weighted by Gasteiger charge is -2.60. The molecule has 5 heterocycles. The minimum atomic E-state index is -2.66. The fourth-order valence-electron chi connectivity index (χ4n) is 5.51. The molecule has 0 N–H and O–H groups in total. The van der Waals surface area contributed by atoms with Crippen molar-refractivity contribution in [3.05, 3.63) is 52.8 Å². The van der Waals surface area contributed by atoms with Crippen molar-refractivity contribution < 1.29 is 13.2 Å². The van der Waals surface area contributed by atoms with Gasteiger partial charge in [-0.25, -0.2) is 23.1 Å². The maximum atomic E-state index is 13.9. The van der Waals surface area contributed by atoms with Crippen molar-refractivity contribution in [2.45, 2.75) is 31.5 Å². The van der Waals surface area contributed by atoms with Crippen LogP contribution in [0.4, 0.5) is 25.1 Å². The van der Waals surface area contributed by atoms with Crippen LogP contribution in [0.3, 0.4) is 0 Å². The number of anilines is 2. The standard InChI is InChI=1S/C22H20ClF3N8/c23-14-1-2-16-13(3-14)7-31(17-4-22(17,25)26)8-18-29-30-20(34(16)18)33-11-21(12-33)9-32(10-21)19-27-5-15(24)6-28-19/h1-3,5-6,17H,4,7-12H2. The predicted molar refractivity (Wildman–Crippen MR) is 118 cm³/mol. The summed E-state index contributed by atoms with van der Waals surface area (Å²) in [7, 11) is 0. The van der Waals surface area contributed by atoms with Gasteiger partial charge < -0.3 is 9.80 Å². The molecule has 2 aromatic heterocycles. The Kier molecular flexibility index (Phi) is 4.10. The van der Waals surface area contributed by atoms with E-state index in [-0.39, 0.29) is 11.8 Å². The van der Waals surface area contributed by atoms with E-state index in [9.17, 15) is 13.2 Å². The molecule has 3 aromatic rings. The summed E-state index contributed by atoms with van der Waals surface area (Å²) in [5.74, 6) is -1.22. The minimum absolute atomic E-state index is 0.0970. The molecule has 1 atom stereocenters. The van der Waals surface area contributed by atoms with Crippen molar-refractivity contribution in [3.8, 4) is 5.69 Å². The van der Waals surface area contributed by atoms with Gasteiger partial charge in [-0.15, -0.1) is 10.2 Å². The fraction of sp³-hybridized carbons (Fsp3) is 0.455. The highest BCUT2D eigenvalue weighted by atomic mass is 35.5. The Morgan fingerprint density at radius 2 is 1.68 bits per heavy atom. The number of rotatable bonds is 3. The Morgan fingerprint density at radius 1 is 0.971 bits per heavy atom. The molecule has 1 aromatic carbocycles. The van der Waals surface area contributed by atoms with E-state index in [1.807, 2.05) is 21.6 Å². The largest absolute Gasteiger partial charge is 0.339 e. The van der Waals surface area contributed by atoms with Crippen LogP contribution in [0.5, 0.6) is 0 Å². The molecule has 176 valence electrons. The summed E-state index contributed by atoms with van der Waals surface area (Å²) in [6, 6.07) is 4.77. The first kappa shape index (κ1) is 20.5. The second-order valence-electron chi connectivity index (χ2n) is 9.82. The number of nitrogens with zero attached hydrogens (tertiary/aromatic N) is 8. The van der Waals surface area contributed by atoms with E-state index < -0.39 is 17.8 Å². The van der Waals surface area contributed by atoms with Crippen molar-refractivity contribution in [3.63, 3.8) is 0 Å². The first-order valence-corrected chi connectivity index (χ1v) is 11.5. The summed E-state index contributed by atoms with van der Waals surface area (Å²) in [4.78, 5) is 14.1. The Morgan fingerprint density at radius 3 is 2.38 bits per heavy atom. The van der Waals surface area contributed by atoms with Gasteiger partial charge in [0.2, 0.25) is 11.9 Å². The van der Waals surface area contributed by atoms with Crippen LogP contribution >= 0.6 is 11.6 Å². The highest BCUT2D eigenvalue weighted by Gasteiger charge is 2.60. The van der Waals surface area contributed by atoms with Crippen LogP contribution in [0.15, 0.2) is 30.6 Å². The molecule has 1 saturated carbocycles. The second-order valence-corrected chi connectivity index (χ2v) is 10.3. The van der Waals surface area contributed by atoms with Gasteiger partial charge in [-0.05, 0) is 23.8 Å². The molecule has 4 aliphatic rings. The highest BCUT2D eigenvalue weighted by Crippen LogP contribution is 2.48. The van der Waals surface area contributed by atoms with Crippen molar-refractivity contribution >= 4 is 23.5 Å². The topological polar surface area (TPSA) is 66.2 Å². The Hall–Kier alpha value is -2.92. The lowest BCUT2D eigenvalue weighted by Crippen LogP contribution is -2.73. The SMILES string of the molecule is Fc1cnc(N2CC3(C2)CN(c2nnc4n2-c2ccc(Cl)cc2CN(C2CC2(F)F)C4)C3)nc1. The summed E-state index contributed by atoms with van der Waals surface area (Å²) in [6.45, 7) is 3.83. The van der Waals surface area contributed by atoms with Crippen LogP contribution in [0.2, 0.25) is 5.02 Å². The average Bonchev–Trinajstić information content (AvgIpc) is 3.25. The lowest BCUT2D eigenvalue weighted by atomic mass is 9.73. The molecule has 1 unspecified atom stereocenters. The maximum Gasteiger partial charge on any atom is 0.265 e. The molecule has 0 radical (unpaired) electrons. The molecule has 12 heteroatoms. The van der Waals surface area contributed by atoms with Gasteiger partial charge in [0.25, 0.3) is 5.92 Å². The number of benzene rings is 1. The number of alkyl halides is 2. The van der Waals surface area contributed by atoms with E-state index in [4.69, 9.17) is 11.6 Å². The van der Waals surface area contributed by atoms with Crippen molar-refractivity contribution in [2.24, 2.45) is 5.41 Å². The number of aromatic nitrogens is 5. The number of hydrogen-bond donors (Lipinski definition) is 0. The zero-order valence-electron chi connectivity index (χ0n) is 18.0. The quantitative estimate of drug-likeness (QED) is 0.561. The van der Waals surface area contributed by atoms with Crippen molar-refractivity contribution in [2.75, 3.05) is 36.0 Å². The van der Waals surface area contributed by atoms with Gasteiger partial charge in [0.15, 0.2) is 11.6 Å². The zero-order valence-corrected chi connectivity index (χ0v) is 18.8. The van der Waals surface area contributed by atoms with Gasteiger partial charge >= 0.3 is 0 Å². The number of fused-ring (bicyclic) bond motifs is 3. The number of halogens is 4. The molecule has 34 heavy (non-hydrogen) atoms. The summed E-state index contributed by atoms with van der Waals surface area (Å²) in [5, 5.41) is 9.42. The molecule has 3 aliphatic heterocycles. The smallest absolute Gasteiger partial charge is 0.265 e. The van der Waals surface area contributed by atoms with Gasteiger partial charge in [-0.3, -0.25) is 9.47 Å². The number of hydrogen-bond acceptors (Lipinski definition) is 7. The van der Waals surface area contributed by atoms with E-state index in [1.54, 1.807) is 11.0 Å². The van der Waals surface area contributed by atoms with Crippen molar-refractivity contribution in [1.82, 2.24) is 29.6 Å². The molecule has 0 bridgehead atoms. The van der Waals surface area contributed by atoms with Gasteiger partial charge in [-0.1, -0.05) is 11.6 Å². The molecular formula is C22H20ClF3N8. The first-order valence-electron chi connectivity index (χ1n) is 11.1. The Bertz CT molecular complexity index is 1280. The first-order chi connectivity index (χ1) is 16.3. The monoisotopic (exact) mass is 488 g/mol. The summed E-state index contributed by atoms with van der Waals surface area (Å²) < 4.78 is 42.9. The third kappa shape index (κ3) is 3.09. The Balaban J connectivity index is 1.14. The highest BCUT2D eigenvalue weighted by molar-refractivity contribution is 6.30. The van der Waals surface area contributed by atoms with Crippen LogP contribution in [0.25, 0.3) is 5.69 Å². The predicted octanol–water partition coefficient (Wildman–Crippen LogP) is 2.90. The molecule has 7 rings (SSSR count). The summed E-state index contributed by atoms with van der Waals surface area (Å²) >= 11 is 6.25. The third-order valence-corrected chi connectivity index (χ3v) is 7.46. The normalized spacial score (nSPS) is 24.2. The molecule has 0 amide bonds. The average molecular weight is 489 g/mol.